The number of alkyl halides is 3. The minimum atomic E-state index is -4.83. The van der Waals surface area contributed by atoms with E-state index in [1.54, 1.807) is 0 Å². The van der Waals surface area contributed by atoms with E-state index in [4.69, 9.17) is 5.11 Å². The minimum absolute atomic E-state index is 0.0384. The molecule has 0 saturated carbocycles. The number of carbonyl (C=O) groups is 1. The summed E-state index contributed by atoms with van der Waals surface area (Å²) in [7, 11) is 1.03. The van der Waals surface area contributed by atoms with Crippen molar-refractivity contribution in [2.75, 3.05) is 20.3 Å². The van der Waals surface area contributed by atoms with Gasteiger partial charge in [0.1, 0.15) is 5.75 Å². The number of aliphatic imine (C=N–C) groups is 1. The summed E-state index contributed by atoms with van der Waals surface area (Å²) < 4.78 is 42.7. The Bertz CT molecular complexity index is 526. The van der Waals surface area contributed by atoms with E-state index in [9.17, 15) is 23.1 Å². The quantitative estimate of drug-likeness (QED) is 0.652. The van der Waals surface area contributed by atoms with Crippen LogP contribution in [0.15, 0.2) is 17.1 Å². The van der Waals surface area contributed by atoms with Crippen LogP contribution in [0.3, 0.4) is 0 Å². The summed E-state index contributed by atoms with van der Waals surface area (Å²) >= 11 is 0. The van der Waals surface area contributed by atoms with Crippen LogP contribution in [0, 0.1) is 0 Å². The fraction of sp³-hybridized carbons (Fsp3) is 0.333. The molecule has 0 saturated heterocycles. The fourth-order valence-electron chi connectivity index (χ4n) is 1.43. The molecule has 0 aliphatic heterocycles. The van der Waals surface area contributed by atoms with Crippen molar-refractivity contribution < 1.29 is 32.9 Å². The molecule has 0 fully saturated rings. The van der Waals surface area contributed by atoms with Crippen LogP contribution in [0.25, 0.3) is 0 Å². The third kappa shape index (κ3) is 3.70. The first-order chi connectivity index (χ1) is 9.31. The number of aliphatic hydroxyl groups excluding tert-OH is 1. The second-order valence-corrected chi connectivity index (χ2v) is 3.71. The molecule has 20 heavy (non-hydrogen) atoms. The summed E-state index contributed by atoms with van der Waals surface area (Å²) in [6.07, 6.45) is -3.87. The highest BCUT2D eigenvalue weighted by Gasteiger charge is 2.35. The van der Waals surface area contributed by atoms with Crippen molar-refractivity contribution in [1.82, 2.24) is 0 Å². The number of phenolic OH excluding ortho intramolecular Hbond substituents is 1. The molecule has 0 spiro atoms. The number of halogens is 3. The van der Waals surface area contributed by atoms with Gasteiger partial charge in [-0.1, -0.05) is 0 Å². The van der Waals surface area contributed by atoms with Crippen molar-refractivity contribution in [3.8, 4) is 5.75 Å². The van der Waals surface area contributed by atoms with Crippen LogP contribution in [0.1, 0.15) is 21.5 Å². The van der Waals surface area contributed by atoms with Gasteiger partial charge in [0, 0.05) is 11.8 Å². The Balaban J connectivity index is 3.38. The Morgan fingerprint density at radius 2 is 2.10 bits per heavy atom. The lowest BCUT2D eigenvalue weighted by molar-refractivity contribution is -0.138. The first kappa shape index (κ1) is 16.0. The smallest absolute Gasteiger partial charge is 0.420 e. The molecule has 0 unspecified atom stereocenters. The number of benzene rings is 1. The van der Waals surface area contributed by atoms with Gasteiger partial charge in [0.15, 0.2) is 0 Å². The number of ether oxygens (including phenoxy) is 1. The molecular formula is C12H12F3NO4. The van der Waals surface area contributed by atoms with Crippen LogP contribution < -0.4 is 0 Å². The molecule has 0 heterocycles. The Morgan fingerprint density at radius 3 is 2.60 bits per heavy atom. The SMILES string of the molecule is COC(=O)c1cc(C=NCCO)c(O)c(C(F)(F)F)c1. The first-order valence-electron chi connectivity index (χ1n) is 5.44. The van der Waals surface area contributed by atoms with Crippen molar-refractivity contribution >= 4 is 12.2 Å². The summed E-state index contributed by atoms with van der Waals surface area (Å²) in [6, 6.07) is 1.53. The van der Waals surface area contributed by atoms with E-state index in [1.807, 2.05) is 0 Å². The molecule has 0 radical (unpaired) electrons. The predicted molar refractivity (Wildman–Crippen MR) is 64.0 cm³/mol. The van der Waals surface area contributed by atoms with Gasteiger partial charge in [0.2, 0.25) is 0 Å². The third-order valence-electron chi connectivity index (χ3n) is 2.33. The molecule has 0 aliphatic rings. The highest BCUT2D eigenvalue weighted by Crippen LogP contribution is 2.38. The van der Waals surface area contributed by atoms with Crippen LogP contribution in [0.4, 0.5) is 13.2 Å². The van der Waals surface area contributed by atoms with E-state index in [0.717, 1.165) is 19.4 Å². The second-order valence-electron chi connectivity index (χ2n) is 3.71. The summed E-state index contributed by atoms with van der Waals surface area (Å²) in [4.78, 5) is 14.9. The number of hydrogen-bond acceptors (Lipinski definition) is 5. The molecule has 0 bridgehead atoms. The Kier molecular flexibility index (Phi) is 5.09. The van der Waals surface area contributed by atoms with Gasteiger partial charge in [-0.05, 0) is 12.1 Å². The number of aliphatic hydroxyl groups is 1. The zero-order valence-corrected chi connectivity index (χ0v) is 10.4. The van der Waals surface area contributed by atoms with E-state index in [0.29, 0.717) is 6.07 Å². The number of hydrogen-bond donors (Lipinski definition) is 2. The molecule has 0 amide bonds. The molecule has 110 valence electrons. The van der Waals surface area contributed by atoms with Crippen molar-refractivity contribution in [3.63, 3.8) is 0 Å². The number of nitrogens with zero attached hydrogens (tertiary/aromatic N) is 1. The van der Waals surface area contributed by atoms with Gasteiger partial charge >= 0.3 is 12.1 Å². The van der Waals surface area contributed by atoms with E-state index < -0.39 is 23.5 Å². The highest BCUT2D eigenvalue weighted by molar-refractivity contribution is 5.94. The van der Waals surface area contributed by atoms with Crippen molar-refractivity contribution in [2.24, 2.45) is 4.99 Å². The van der Waals surface area contributed by atoms with Crippen LogP contribution in [0.2, 0.25) is 0 Å². The maximum absolute atomic E-state index is 12.8. The predicted octanol–water partition coefficient (Wildman–Crippen LogP) is 1.61. The molecular weight excluding hydrogens is 279 g/mol. The number of aromatic hydroxyl groups is 1. The van der Waals surface area contributed by atoms with E-state index in [-0.39, 0.29) is 24.3 Å². The van der Waals surface area contributed by atoms with Gasteiger partial charge in [0.05, 0.1) is 31.4 Å². The molecule has 1 aromatic carbocycles. The fourth-order valence-corrected chi connectivity index (χ4v) is 1.43. The maximum Gasteiger partial charge on any atom is 0.420 e. The zero-order valence-electron chi connectivity index (χ0n) is 10.4. The summed E-state index contributed by atoms with van der Waals surface area (Å²) in [5, 5.41) is 18.1. The maximum atomic E-state index is 12.8. The summed E-state index contributed by atoms with van der Waals surface area (Å²) in [5.74, 6) is -2.00. The molecule has 8 heteroatoms. The molecule has 5 nitrogen and oxygen atoms in total. The second kappa shape index (κ2) is 6.38. The lowest BCUT2D eigenvalue weighted by Crippen LogP contribution is -2.10. The number of methoxy groups -OCH3 is 1. The lowest BCUT2D eigenvalue weighted by atomic mass is 10.0. The minimum Gasteiger partial charge on any atom is -0.507 e. The van der Waals surface area contributed by atoms with Crippen LogP contribution in [-0.4, -0.2) is 42.7 Å². The van der Waals surface area contributed by atoms with Gasteiger partial charge in [-0.25, -0.2) is 4.79 Å². The Morgan fingerprint density at radius 1 is 1.45 bits per heavy atom. The topological polar surface area (TPSA) is 79.1 Å². The standard InChI is InChI=1S/C12H12F3NO4/c1-20-11(19)7-4-8(6-16-2-3-17)10(18)9(5-7)12(13,14)15/h4-6,17-18H,2-3H2,1H3. The summed E-state index contributed by atoms with van der Waals surface area (Å²) in [6.45, 7) is -0.330. The monoisotopic (exact) mass is 291 g/mol. The van der Waals surface area contributed by atoms with E-state index in [2.05, 4.69) is 9.73 Å². The van der Waals surface area contributed by atoms with Crippen molar-refractivity contribution in [2.45, 2.75) is 6.18 Å². The number of carbonyl (C=O) groups excluding carboxylic acids is 1. The largest absolute Gasteiger partial charge is 0.507 e. The average Bonchev–Trinajstić information content (AvgIpc) is 2.38. The summed E-state index contributed by atoms with van der Waals surface area (Å²) in [5.41, 5.74) is -2.00. The lowest BCUT2D eigenvalue weighted by Gasteiger charge is -2.12. The Hall–Kier alpha value is -2.09. The van der Waals surface area contributed by atoms with Crippen LogP contribution in [0.5, 0.6) is 5.75 Å². The average molecular weight is 291 g/mol. The molecule has 1 rings (SSSR count). The van der Waals surface area contributed by atoms with Gasteiger partial charge in [-0.3, -0.25) is 4.99 Å². The normalized spacial score (nSPS) is 11.8. The Labute approximate surface area is 112 Å². The molecule has 1 aromatic rings. The van der Waals surface area contributed by atoms with E-state index >= 15 is 0 Å². The van der Waals surface area contributed by atoms with Gasteiger partial charge in [0.25, 0.3) is 0 Å². The molecule has 0 atom stereocenters. The van der Waals surface area contributed by atoms with Crippen molar-refractivity contribution in [1.29, 1.82) is 0 Å². The van der Waals surface area contributed by atoms with Gasteiger partial charge in [-0.2, -0.15) is 13.2 Å². The van der Waals surface area contributed by atoms with Gasteiger partial charge < -0.3 is 14.9 Å². The number of rotatable bonds is 4. The van der Waals surface area contributed by atoms with E-state index in [1.165, 1.54) is 0 Å². The molecule has 2 N–H and O–H groups in total. The highest BCUT2D eigenvalue weighted by atomic mass is 19.4. The third-order valence-corrected chi connectivity index (χ3v) is 2.33. The zero-order chi connectivity index (χ0) is 15.3. The van der Waals surface area contributed by atoms with Crippen LogP contribution in [-0.2, 0) is 10.9 Å². The first-order valence-corrected chi connectivity index (χ1v) is 5.44. The molecule has 0 aromatic heterocycles. The van der Waals surface area contributed by atoms with Crippen LogP contribution >= 0.6 is 0 Å². The van der Waals surface area contributed by atoms with Crippen molar-refractivity contribution in [3.05, 3.63) is 28.8 Å². The number of esters is 1. The molecule has 0 aliphatic carbocycles. The van der Waals surface area contributed by atoms with Gasteiger partial charge in [-0.15, -0.1) is 0 Å². The number of phenols is 1.